The van der Waals surface area contributed by atoms with Crippen LogP contribution in [0.25, 0.3) is 55.0 Å². The topological polar surface area (TPSA) is 44.0 Å². The first-order valence-corrected chi connectivity index (χ1v) is 15.8. The van der Waals surface area contributed by atoms with Crippen LogP contribution >= 0.6 is 0 Å². The normalized spacial score (nSPS) is 11.7. The van der Waals surface area contributed by atoms with Gasteiger partial charge in [0.1, 0.15) is 0 Å². The van der Waals surface area contributed by atoms with Gasteiger partial charge < -0.3 is 9.13 Å². The number of pyridine rings is 2. The van der Waals surface area contributed by atoms with E-state index in [4.69, 9.17) is 0 Å². The Morgan fingerprint density at radius 3 is 1.05 bits per heavy atom. The molecule has 0 amide bonds. The molecular formula is C40H36N2O2. The Morgan fingerprint density at radius 1 is 0.409 bits per heavy atom. The summed E-state index contributed by atoms with van der Waals surface area (Å²) in [5.74, 6) is 0. The molecular weight excluding hydrogens is 540 g/mol. The molecule has 0 spiro atoms. The van der Waals surface area contributed by atoms with Crippen LogP contribution < -0.4 is 10.9 Å². The summed E-state index contributed by atoms with van der Waals surface area (Å²) in [6.07, 6.45) is 3.48. The predicted molar refractivity (Wildman–Crippen MR) is 185 cm³/mol. The summed E-state index contributed by atoms with van der Waals surface area (Å²) >= 11 is 0. The summed E-state index contributed by atoms with van der Waals surface area (Å²) in [5, 5.41) is 2.60. The number of aromatic nitrogens is 2. The van der Waals surface area contributed by atoms with Crippen molar-refractivity contribution in [3.8, 4) is 11.4 Å². The van der Waals surface area contributed by atoms with Gasteiger partial charge in [0.2, 0.25) is 0 Å². The van der Waals surface area contributed by atoms with Crippen LogP contribution in [-0.2, 0) is 25.7 Å². The summed E-state index contributed by atoms with van der Waals surface area (Å²) < 4.78 is 4.33. The molecule has 0 radical (unpaired) electrons. The third-order valence-corrected chi connectivity index (χ3v) is 9.24. The molecule has 7 aromatic rings. The van der Waals surface area contributed by atoms with Crippen LogP contribution in [0.2, 0.25) is 0 Å². The van der Waals surface area contributed by atoms with Crippen molar-refractivity contribution in [2.24, 2.45) is 0 Å². The second kappa shape index (κ2) is 10.9. The maximum Gasteiger partial charge on any atom is 0.197 e. The second-order valence-corrected chi connectivity index (χ2v) is 11.6. The van der Waals surface area contributed by atoms with E-state index >= 15 is 0 Å². The van der Waals surface area contributed by atoms with Gasteiger partial charge in [0, 0.05) is 32.9 Å². The molecule has 44 heavy (non-hydrogen) atoms. The second-order valence-electron chi connectivity index (χ2n) is 11.6. The molecule has 0 saturated heterocycles. The van der Waals surface area contributed by atoms with Gasteiger partial charge in [-0.05, 0) is 109 Å². The molecule has 0 bridgehead atoms. The average Bonchev–Trinajstić information content (AvgIpc) is 3.08. The maximum absolute atomic E-state index is 14.5. The fraction of sp³-hybridized carbons (Fsp3) is 0.200. The zero-order valence-electron chi connectivity index (χ0n) is 25.8. The van der Waals surface area contributed by atoms with Crippen LogP contribution in [0.1, 0.15) is 49.9 Å². The smallest absolute Gasteiger partial charge is 0.197 e. The lowest BCUT2D eigenvalue weighted by Gasteiger charge is -2.21. The van der Waals surface area contributed by atoms with Crippen molar-refractivity contribution in [2.75, 3.05) is 0 Å². The van der Waals surface area contributed by atoms with Gasteiger partial charge >= 0.3 is 0 Å². The highest BCUT2D eigenvalue weighted by Crippen LogP contribution is 2.32. The number of benzene rings is 5. The monoisotopic (exact) mass is 576 g/mol. The highest BCUT2D eigenvalue weighted by molar-refractivity contribution is 6.05. The van der Waals surface area contributed by atoms with E-state index in [9.17, 15) is 9.59 Å². The van der Waals surface area contributed by atoms with Crippen LogP contribution in [0.4, 0.5) is 0 Å². The van der Waals surface area contributed by atoms with Gasteiger partial charge in [0.15, 0.2) is 10.9 Å². The van der Waals surface area contributed by atoms with Crippen molar-refractivity contribution in [3.05, 3.63) is 140 Å². The molecule has 0 fully saturated rings. The van der Waals surface area contributed by atoms with Gasteiger partial charge in [-0.3, -0.25) is 9.59 Å². The number of fused-ring (bicyclic) bond motifs is 4. The molecule has 0 aliphatic heterocycles. The zero-order valence-corrected chi connectivity index (χ0v) is 25.8. The van der Waals surface area contributed by atoms with E-state index in [1.807, 2.05) is 48.5 Å². The van der Waals surface area contributed by atoms with Gasteiger partial charge in [0.05, 0.1) is 22.1 Å². The number of nitrogens with zero attached hydrogens (tertiary/aromatic N) is 2. The summed E-state index contributed by atoms with van der Waals surface area (Å²) in [7, 11) is 0. The van der Waals surface area contributed by atoms with E-state index in [1.54, 1.807) is 0 Å². The Bertz CT molecular complexity index is 2180. The van der Waals surface area contributed by atoms with E-state index < -0.39 is 0 Å². The third kappa shape index (κ3) is 4.20. The summed E-state index contributed by atoms with van der Waals surface area (Å²) in [6.45, 7) is 8.60. The van der Waals surface area contributed by atoms with E-state index in [2.05, 4.69) is 85.4 Å². The molecule has 4 heteroatoms. The van der Waals surface area contributed by atoms with Crippen LogP contribution in [0.15, 0.2) is 107 Å². The van der Waals surface area contributed by atoms with E-state index in [1.165, 1.54) is 22.3 Å². The van der Waals surface area contributed by atoms with Gasteiger partial charge in [-0.2, -0.15) is 0 Å². The number of rotatable bonds is 6. The molecule has 0 unspecified atom stereocenters. The molecule has 218 valence electrons. The predicted octanol–water partition coefficient (Wildman–Crippen LogP) is 8.85. The molecule has 0 aliphatic carbocycles. The van der Waals surface area contributed by atoms with Gasteiger partial charge in [0.25, 0.3) is 0 Å². The molecule has 0 saturated carbocycles. The number of hydrogen-bond acceptors (Lipinski definition) is 2. The SMILES string of the molecule is CCc1cc2c(=O)c3cc4c(cc3n(-c3ccccc3)c2cc1CC)c(=O)c1cc(CC)c(CC)cc1n4-c1ccccc1. The molecule has 2 aromatic heterocycles. The van der Waals surface area contributed by atoms with Gasteiger partial charge in [-0.15, -0.1) is 0 Å². The lowest BCUT2D eigenvalue weighted by molar-refractivity contribution is 1.04. The molecule has 7 rings (SSSR count). The first-order chi connectivity index (χ1) is 21.5. The first-order valence-electron chi connectivity index (χ1n) is 15.8. The number of para-hydroxylation sites is 2. The third-order valence-electron chi connectivity index (χ3n) is 9.24. The Hall–Kier alpha value is -4.96. The Morgan fingerprint density at radius 2 is 0.705 bits per heavy atom. The molecule has 0 N–H and O–H groups in total. The zero-order chi connectivity index (χ0) is 30.5. The fourth-order valence-electron chi connectivity index (χ4n) is 6.97. The molecule has 5 aromatic carbocycles. The van der Waals surface area contributed by atoms with Crippen molar-refractivity contribution in [2.45, 2.75) is 53.4 Å². The van der Waals surface area contributed by atoms with Crippen LogP contribution in [0, 0.1) is 0 Å². The van der Waals surface area contributed by atoms with Crippen molar-refractivity contribution >= 4 is 43.6 Å². The minimum atomic E-state index is -0.0100. The lowest BCUT2D eigenvalue weighted by Crippen LogP contribution is -2.15. The average molecular weight is 577 g/mol. The highest BCUT2D eigenvalue weighted by Gasteiger charge is 2.20. The fourth-order valence-corrected chi connectivity index (χ4v) is 6.97. The van der Waals surface area contributed by atoms with Gasteiger partial charge in [-0.1, -0.05) is 64.1 Å². The number of hydrogen-bond donors (Lipinski definition) is 0. The molecule has 2 heterocycles. The summed E-state index contributed by atoms with van der Waals surface area (Å²) in [5.41, 5.74) is 9.98. The minimum Gasteiger partial charge on any atom is -0.309 e. The highest BCUT2D eigenvalue weighted by atomic mass is 16.1. The van der Waals surface area contributed by atoms with E-state index in [0.29, 0.717) is 21.5 Å². The maximum atomic E-state index is 14.5. The quantitative estimate of drug-likeness (QED) is 0.186. The first kappa shape index (κ1) is 27.8. The Kier molecular flexibility index (Phi) is 6.93. The van der Waals surface area contributed by atoms with Crippen molar-refractivity contribution in [3.63, 3.8) is 0 Å². The number of aryl methyl sites for hydroxylation is 4. The summed E-state index contributed by atoms with van der Waals surface area (Å²) in [4.78, 5) is 28.9. The van der Waals surface area contributed by atoms with Gasteiger partial charge in [-0.25, -0.2) is 0 Å². The Balaban J connectivity index is 1.75. The van der Waals surface area contributed by atoms with E-state index in [0.717, 1.165) is 59.1 Å². The molecule has 0 atom stereocenters. The van der Waals surface area contributed by atoms with Crippen molar-refractivity contribution in [1.82, 2.24) is 9.13 Å². The largest absolute Gasteiger partial charge is 0.309 e. The Labute approximate surface area is 256 Å². The minimum absolute atomic E-state index is 0.0100. The lowest BCUT2D eigenvalue weighted by atomic mass is 9.96. The van der Waals surface area contributed by atoms with Crippen LogP contribution in [0.3, 0.4) is 0 Å². The molecule has 4 nitrogen and oxygen atoms in total. The van der Waals surface area contributed by atoms with E-state index in [-0.39, 0.29) is 10.9 Å². The van der Waals surface area contributed by atoms with Crippen molar-refractivity contribution in [1.29, 1.82) is 0 Å². The van der Waals surface area contributed by atoms with Crippen LogP contribution in [0.5, 0.6) is 0 Å². The van der Waals surface area contributed by atoms with Crippen molar-refractivity contribution < 1.29 is 0 Å². The molecule has 0 aliphatic rings. The standard InChI is InChI=1S/C40H36N2O2/c1-5-25-19-31-35(21-27(25)7-3)41(29-15-11-9-12-16-29)37-24-34-38(23-33(37)39(31)43)42(30-17-13-10-14-18-30)36-22-28(8-4)26(6-2)20-32(36)40(34)44/h9-24H,5-8H2,1-4H3. The van der Waals surface area contributed by atoms with Crippen LogP contribution in [-0.4, -0.2) is 9.13 Å². The summed E-state index contributed by atoms with van der Waals surface area (Å²) in [6, 6.07) is 32.8.